The van der Waals surface area contributed by atoms with Crippen molar-refractivity contribution in [2.75, 3.05) is 46.9 Å². The summed E-state index contributed by atoms with van der Waals surface area (Å²) in [6.07, 6.45) is 2.16. The van der Waals surface area contributed by atoms with E-state index in [1.807, 2.05) is 19.0 Å². The van der Waals surface area contributed by atoms with Crippen LogP contribution in [0.25, 0.3) is 11.3 Å². The summed E-state index contributed by atoms with van der Waals surface area (Å²) < 4.78 is 34.7. The van der Waals surface area contributed by atoms with Crippen molar-refractivity contribution in [2.45, 2.75) is 18.4 Å². The fourth-order valence-corrected chi connectivity index (χ4v) is 5.53. The summed E-state index contributed by atoms with van der Waals surface area (Å²) in [5, 5.41) is 30.7. The number of aliphatic hydroxyl groups is 1. The molecule has 2 N–H and O–H groups in total. The highest BCUT2D eigenvalue weighted by molar-refractivity contribution is 7.10. The lowest BCUT2D eigenvalue weighted by atomic mass is 9.81. The minimum Gasteiger partial charge on any atom is -1.00 e. The van der Waals surface area contributed by atoms with E-state index < -0.39 is 29.2 Å². The van der Waals surface area contributed by atoms with Gasteiger partial charge >= 0.3 is 6.09 Å². The Morgan fingerprint density at radius 3 is 2.61 bits per heavy atom. The maximum atomic E-state index is 15.3. The largest absolute Gasteiger partial charge is 1.00 e. The molecule has 3 atom stereocenters. The van der Waals surface area contributed by atoms with E-state index in [0.29, 0.717) is 29.4 Å². The molecule has 2 aromatic carbocycles. The van der Waals surface area contributed by atoms with Crippen LogP contribution in [0.3, 0.4) is 0 Å². The number of carbonyl (C=O) groups is 1. The first-order chi connectivity index (χ1) is 20.0. The standard InChI is InChI=1S/C29H31F2N7O3S.2ClH/c1-20(27-36-26(16-42-27)22-6-4-21(15-32)5-7-22)29(40,24-14-23(30)8-9-25(24)31)17-38(19-33-18-35-38)12-13-41-28(39)34-10-11-37(2)3;;/h4-9,14,16,18-20,40H,10-13,17H2,1-3H3;2*1H/t20-,29+,38?;;/m0../s1. The van der Waals surface area contributed by atoms with Crippen molar-refractivity contribution in [1.29, 1.82) is 5.26 Å². The molecule has 0 fully saturated rings. The average molecular weight is 669 g/mol. The number of nitrogens with zero attached hydrogens (tertiary/aromatic N) is 6. The van der Waals surface area contributed by atoms with Gasteiger partial charge in [0.2, 0.25) is 6.34 Å². The van der Waals surface area contributed by atoms with Crippen LogP contribution >= 0.6 is 23.7 Å². The van der Waals surface area contributed by atoms with Crippen LogP contribution in [-0.4, -0.2) is 85.2 Å². The van der Waals surface area contributed by atoms with E-state index >= 15 is 4.39 Å². The van der Waals surface area contributed by atoms with E-state index in [-0.39, 0.29) is 54.7 Å². The number of carbonyl (C=O) groups excluding carboxylic acids is 1. The maximum Gasteiger partial charge on any atom is 0.407 e. The summed E-state index contributed by atoms with van der Waals surface area (Å²) in [5.74, 6) is -2.32. The molecule has 0 saturated heterocycles. The molecule has 1 unspecified atom stereocenters. The summed E-state index contributed by atoms with van der Waals surface area (Å²) in [6, 6.07) is 11.9. The SMILES string of the molecule is C[C@@H](c1nc(-c2ccc(C#N)cc2)cs1)[C@](O)(C[N+]1(CCOC(=O)NCCN(C)C)C=NC=N1)c1cc(F)ccc1F.Cl.[Cl-]. The first-order valence-electron chi connectivity index (χ1n) is 13.2. The molecule has 1 aromatic heterocycles. The number of nitrogens with one attached hydrogen (secondary N) is 1. The number of hydrogen-bond donors (Lipinski definition) is 2. The number of thiazole rings is 1. The Labute approximate surface area is 271 Å². The Morgan fingerprint density at radius 1 is 1.25 bits per heavy atom. The van der Waals surface area contributed by atoms with Crippen molar-refractivity contribution in [3.05, 3.63) is 75.6 Å². The van der Waals surface area contributed by atoms with E-state index in [4.69, 9.17) is 15.0 Å². The number of nitriles is 1. The Morgan fingerprint density at radius 2 is 1.98 bits per heavy atom. The molecular weight excluding hydrogens is 635 g/mol. The lowest BCUT2D eigenvalue weighted by Crippen LogP contribution is -3.00. The molecule has 1 aliphatic rings. The van der Waals surface area contributed by atoms with Crippen LogP contribution in [0.2, 0.25) is 0 Å². The van der Waals surface area contributed by atoms with E-state index in [0.717, 1.165) is 23.8 Å². The minimum atomic E-state index is -2.01. The number of benzene rings is 2. The average Bonchev–Trinajstić information content (AvgIpc) is 3.64. The van der Waals surface area contributed by atoms with Gasteiger partial charge in [0.15, 0.2) is 11.9 Å². The molecular formula is C29H33Cl2F2N7O3S. The topological polar surface area (TPSA) is 123 Å². The summed E-state index contributed by atoms with van der Waals surface area (Å²) in [5.41, 5.74) is -0.360. The molecule has 4 rings (SSSR count). The Hall–Kier alpha value is -3.51. The van der Waals surface area contributed by atoms with Crippen LogP contribution in [0.5, 0.6) is 0 Å². The van der Waals surface area contributed by atoms with Crippen molar-refractivity contribution in [1.82, 2.24) is 15.2 Å². The zero-order valence-electron chi connectivity index (χ0n) is 24.3. The number of alkyl carbamates (subject to hydrolysis) is 1. The highest BCUT2D eigenvalue weighted by Gasteiger charge is 2.49. The van der Waals surface area contributed by atoms with E-state index in [1.54, 1.807) is 36.6 Å². The predicted octanol–water partition coefficient (Wildman–Crippen LogP) is 1.47. The van der Waals surface area contributed by atoms with Crippen LogP contribution in [0.1, 0.15) is 29.0 Å². The molecule has 2 heterocycles. The fourth-order valence-electron chi connectivity index (χ4n) is 4.56. The van der Waals surface area contributed by atoms with Crippen LogP contribution in [0.15, 0.2) is 57.9 Å². The summed E-state index contributed by atoms with van der Waals surface area (Å²) >= 11 is 1.27. The zero-order valence-corrected chi connectivity index (χ0v) is 26.7. The summed E-state index contributed by atoms with van der Waals surface area (Å²) in [4.78, 5) is 22.9. The fraction of sp³-hybridized carbons (Fsp3) is 0.345. The maximum absolute atomic E-state index is 15.3. The van der Waals surface area contributed by atoms with E-state index in [1.165, 1.54) is 24.0 Å². The molecule has 0 saturated carbocycles. The number of aliphatic imine (C=N–C) groups is 1. The molecule has 3 aromatic rings. The summed E-state index contributed by atoms with van der Waals surface area (Å²) in [7, 11) is 3.77. The van der Waals surface area contributed by atoms with Gasteiger partial charge in [-0.25, -0.2) is 18.6 Å². The number of rotatable bonds is 12. The second kappa shape index (κ2) is 16.0. The zero-order chi connectivity index (χ0) is 30.3. The molecule has 236 valence electrons. The number of likely N-dealkylation sites (N-methyl/N-ethyl adjacent to an activating group) is 1. The quantitative estimate of drug-likeness (QED) is 0.282. The monoisotopic (exact) mass is 667 g/mol. The molecule has 1 aliphatic heterocycles. The minimum absolute atomic E-state index is 0. The first-order valence-corrected chi connectivity index (χ1v) is 14.1. The van der Waals surface area contributed by atoms with Crippen molar-refractivity contribution in [2.24, 2.45) is 10.1 Å². The van der Waals surface area contributed by atoms with Crippen molar-refractivity contribution in [3.63, 3.8) is 0 Å². The molecule has 10 nitrogen and oxygen atoms in total. The van der Waals surface area contributed by atoms with Gasteiger partial charge in [-0.2, -0.15) is 10.3 Å². The molecule has 15 heteroatoms. The van der Waals surface area contributed by atoms with Gasteiger partial charge in [0.25, 0.3) is 0 Å². The van der Waals surface area contributed by atoms with Crippen LogP contribution in [-0.2, 0) is 10.3 Å². The lowest BCUT2D eigenvalue weighted by molar-refractivity contribution is -0.848. The highest BCUT2D eigenvalue weighted by Crippen LogP contribution is 2.42. The molecule has 0 spiro atoms. The molecule has 0 bridgehead atoms. The van der Waals surface area contributed by atoms with Crippen LogP contribution in [0.4, 0.5) is 13.6 Å². The van der Waals surface area contributed by atoms with Gasteiger partial charge in [-0.15, -0.1) is 28.3 Å². The molecule has 0 radical (unpaired) electrons. The normalized spacial score (nSPS) is 17.2. The first kappa shape index (κ1) is 36.7. The Kier molecular flexibility index (Phi) is 13.3. The van der Waals surface area contributed by atoms with Gasteiger partial charge in [-0.1, -0.05) is 24.2 Å². The van der Waals surface area contributed by atoms with Crippen molar-refractivity contribution in [3.8, 4) is 17.3 Å². The third-order valence-corrected chi connectivity index (χ3v) is 8.03. The second-order valence-corrected chi connectivity index (χ2v) is 11.2. The molecule has 0 aliphatic carbocycles. The third kappa shape index (κ3) is 8.78. The number of amides is 1. The van der Waals surface area contributed by atoms with E-state index in [9.17, 15) is 14.3 Å². The van der Waals surface area contributed by atoms with Crippen LogP contribution in [0, 0.1) is 23.0 Å². The molecule has 44 heavy (non-hydrogen) atoms. The van der Waals surface area contributed by atoms with Gasteiger partial charge in [0, 0.05) is 35.5 Å². The van der Waals surface area contributed by atoms with Gasteiger partial charge in [-0.3, -0.25) is 0 Å². The lowest BCUT2D eigenvalue weighted by Gasteiger charge is -2.38. The number of quaternary nitrogens is 1. The number of aromatic nitrogens is 1. The number of halogens is 4. The Balaban J connectivity index is 0.00000337. The highest BCUT2D eigenvalue weighted by atomic mass is 35.5. The van der Waals surface area contributed by atoms with E-state index in [2.05, 4.69) is 21.5 Å². The molecule has 1 amide bonds. The van der Waals surface area contributed by atoms with Crippen molar-refractivity contribution >= 4 is 42.5 Å². The van der Waals surface area contributed by atoms with Gasteiger partial charge in [0.1, 0.15) is 31.3 Å². The van der Waals surface area contributed by atoms with Crippen molar-refractivity contribution < 1.29 is 40.4 Å². The predicted molar refractivity (Wildman–Crippen MR) is 163 cm³/mol. The van der Waals surface area contributed by atoms with Gasteiger partial charge in [-0.05, 0) is 44.4 Å². The second-order valence-electron chi connectivity index (χ2n) is 10.3. The van der Waals surface area contributed by atoms with Crippen LogP contribution < -0.4 is 17.7 Å². The summed E-state index contributed by atoms with van der Waals surface area (Å²) in [6.45, 7) is 2.49. The Bertz CT molecular complexity index is 1500. The van der Waals surface area contributed by atoms with Gasteiger partial charge < -0.3 is 32.5 Å². The van der Waals surface area contributed by atoms with Gasteiger partial charge in [0.05, 0.1) is 22.3 Å². The number of hydrogen-bond acceptors (Lipinski definition) is 9. The smallest absolute Gasteiger partial charge is 0.407 e. The number of ether oxygens (including phenoxy) is 1. The third-order valence-electron chi connectivity index (χ3n) is 7.00.